The molecule has 16 heavy (non-hydrogen) atoms. The average molecular weight is 224 g/mol. The first-order valence-corrected chi connectivity index (χ1v) is 6.35. The van der Waals surface area contributed by atoms with Crippen LogP contribution in [0.15, 0.2) is 10.5 Å². The number of rotatable bonds is 1. The van der Waals surface area contributed by atoms with Crippen LogP contribution in [-0.2, 0) is 6.42 Å². The molecule has 0 fully saturated rings. The SMILES string of the molecule is CC.Cc1cc2c(o1)CC(C(C)C)CC2O. The van der Waals surface area contributed by atoms with Crippen molar-refractivity contribution in [1.29, 1.82) is 0 Å². The molecule has 0 aliphatic heterocycles. The van der Waals surface area contributed by atoms with Gasteiger partial charge in [0.15, 0.2) is 0 Å². The summed E-state index contributed by atoms with van der Waals surface area (Å²) in [7, 11) is 0. The van der Waals surface area contributed by atoms with E-state index in [1.54, 1.807) is 0 Å². The van der Waals surface area contributed by atoms with Gasteiger partial charge in [0.1, 0.15) is 11.5 Å². The van der Waals surface area contributed by atoms with Gasteiger partial charge in [0.05, 0.1) is 6.10 Å². The standard InChI is InChI=1S/C12H18O2.C2H6/c1-7(2)9-5-11(13)10-4-8(3)14-12(10)6-9;1-2/h4,7,9,11,13H,5-6H2,1-3H3;1-2H3. The maximum atomic E-state index is 9.93. The maximum absolute atomic E-state index is 9.93. The van der Waals surface area contributed by atoms with Gasteiger partial charge in [-0.2, -0.15) is 0 Å². The quantitative estimate of drug-likeness (QED) is 0.785. The van der Waals surface area contributed by atoms with Crippen molar-refractivity contribution in [2.75, 3.05) is 0 Å². The van der Waals surface area contributed by atoms with Crippen molar-refractivity contribution < 1.29 is 9.52 Å². The Kier molecular flexibility index (Phi) is 4.60. The first kappa shape index (κ1) is 13.3. The average Bonchev–Trinajstić information content (AvgIpc) is 2.62. The molecule has 2 rings (SSSR count). The Labute approximate surface area is 98.7 Å². The molecule has 0 radical (unpaired) electrons. The lowest BCUT2D eigenvalue weighted by molar-refractivity contribution is 0.111. The summed E-state index contributed by atoms with van der Waals surface area (Å²) in [4.78, 5) is 0. The molecule has 0 aromatic carbocycles. The van der Waals surface area contributed by atoms with Crippen molar-refractivity contribution in [2.24, 2.45) is 11.8 Å². The van der Waals surface area contributed by atoms with Gasteiger partial charge in [-0.15, -0.1) is 0 Å². The van der Waals surface area contributed by atoms with Crippen LogP contribution in [0.4, 0.5) is 0 Å². The zero-order valence-electron chi connectivity index (χ0n) is 11.1. The van der Waals surface area contributed by atoms with Crippen LogP contribution in [0.5, 0.6) is 0 Å². The molecule has 0 saturated carbocycles. The Morgan fingerprint density at radius 2 is 2.00 bits per heavy atom. The summed E-state index contributed by atoms with van der Waals surface area (Å²) in [6.45, 7) is 10.4. The summed E-state index contributed by atoms with van der Waals surface area (Å²) in [5, 5.41) is 9.93. The molecule has 0 saturated heterocycles. The van der Waals surface area contributed by atoms with Crippen molar-refractivity contribution in [3.05, 3.63) is 23.2 Å². The van der Waals surface area contributed by atoms with E-state index in [4.69, 9.17) is 4.42 Å². The second kappa shape index (κ2) is 5.53. The third kappa shape index (κ3) is 2.67. The minimum atomic E-state index is -0.316. The lowest BCUT2D eigenvalue weighted by Gasteiger charge is -2.27. The zero-order valence-corrected chi connectivity index (χ0v) is 11.1. The fraction of sp³-hybridized carbons (Fsp3) is 0.714. The molecule has 2 nitrogen and oxygen atoms in total. The lowest BCUT2D eigenvalue weighted by Crippen LogP contribution is -2.21. The zero-order chi connectivity index (χ0) is 12.3. The fourth-order valence-electron chi connectivity index (χ4n) is 2.27. The van der Waals surface area contributed by atoms with E-state index in [0.717, 1.165) is 29.9 Å². The highest BCUT2D eigenvalue weighted by Gasteiger charge is 2.30. The minimum Gasteiger partial charge on any atom is -0.466 e. The van der Waals surface area contributed by atoms with E-state index in [0.29, 0.717) is 11.8 Å². The van der Waals surface area contributed by atoms with Crippen LogP contribution in [-0.4, -0.2) is 5.11 Å². The van der Waals surface area contributed by atoms with E-state index in [9.17, 15) is 5.11 Å². The van der Waals surface area contributed by atoms with Crippen molar-refractivity contribution in [3.63, 3.8) is 0 Å². The van der Waals surface area contributed by atoms with Crippen molar-refractivity contribution in [3.8, 4) is 0 Å². The van der Waals surface area contributed by atoms with Gasteiger partial charge in [0.2, 0.25) is 0 Å². The first-order valence-electron chi connectivity index (χ1n) is 6.35. The predicted octanol–water partition coefficient (Wildman–Crippen LogP) is 3.87. The Bertz CT molecular complexity index is 325. The van der Waals surface area contributed by atoms with Gasteiger partial charge in [-0.1, -0.05) is 27.7 Å². The second-order valence-corrected chi connectivity index (χ2v) is 4.70. The van der Waals surface area contributed by atoms with E-state index in [2.05, 4.69) is 13.8 Å². The second-order valence-electron chi connectivity index (χ2n) is 4.70. The van der Waals surface area contributed by atoms with E-state index in [1.807, 2.05) is 26.8 Å². The summed E-state index contributed by atoms with van der Waals surface area (Å²) in [6, 6.07) is 1.97. The highest BCUT2D eigenvalue weighted by atomic mass is 16.3. The largest absolute Gasteiger partial charge is 0.466 e. The Balaban J connectivity index is 0.000000606. The summed E-state index contributed by atoms with van der Waals surface area (Å²) < 4.78 is 5.60. The van der Waals surface area contributed by atoms with Gasteiger partial charge in [0, 0.05) is 12.0 Å². The maximum Gasteiger partial charge on any atom is 0.110 e. The van der Waals surface area contributed by atoms with Crippen LogP contribution >= 0.6 is 0 Å². The number of furan rings is 1. The topological polar surface area (TPSA) is 33.4 Å². The third-order valence-electron chi connectivity index (χ3n) is 3.24. The molecule has 92 valence electrons. The lowest BCUT2D eigenvalue weighted by atomic mass is 9.80. The highest BCUT2D eigenvalue weighted by Crippen LogP contribution is 2.37. The highest BCUT2D eigenvalue weighted by molar-refractivity contribution is 5.26. The monoisotopic (exact) mass is 224 g/mol. The Morgan fingerprint density at radius 3 is 2.56 bits per heavy atom. The van der Waals surface area contributed by atoms with Crippen LogP contribution in [0.25, 0.3) is 0 Å². The smallest absolute Gasteiger partial charge is 0.110 e. The summed E-state index contributed by atoms with van der Waals surface area (Å²) in [5.41, 5.74) is 1.01. The van der Waals surface area contributed by atoms with E-state index >= 15 is 0 Å². The molecule has 0 amide bonds. The van der Waals surface area contributed by atoms with Crippen LogP contribution in [0, 0.1) is 18.8 Å². The van der Waals surface area contributed by atoms with Gasteiger partial charge in [0.25, 0.3) is 0 Å². The number of aryl methyl sites for hydroxylation is 1. The molecule has 2 atom stereocenters. The molecule has 1 N–H and O–H groups in total. The predicted molar refractivity (Wildman–Crippen MR) is 66.4 cm³/mol. The number of fused-ring (bicyclic) bond motifs is 1. The molecule has 1 aliphatic rings. The van der Waals surface area contributed by atoms with Crippen molar-refractivity contribution >= 4 is 0 Å². The first-order chi connectivity index (χ1) is 7.58. The van der Waals surface area contributed by atoms with Gasteiger partial charge >= 0.3 is 0 Å². The van der Waals surface area contributed by atoms with Crippen LogP contribution in [0.2, 0.25) is 0 Å². The molecule has 2 heteroatoms. The minimum absolute atomic E-state index is 0.316. The van der Waals surface area contributed by atoms with Crippen LogP contribution < -0.4 is 0 Å². The molecular formula is C14H24O2. The Morgan fingerprint density at radius 1 is 1.38 bits per heavy atom. The molecule has 0 bridgehead atoms. The van der Waals surface area contributed by atoms with E-state index in [1.165, 1.54) is 0 Å². The molecule has 1 aliphatic carbocycles. The number of aliphatic hydroxyl groups is 1. The Hall–Kier alpha value is -0.760. The molecule has 1 heterocycles. The number of hydrogen-bond donors (Lipinski definition) is 1. The summed E-state index contributed by atoms with van der Waals surface area (Å²) >= 11 is 0. The van der Waals surface area contributed by atoms with Gasteiger partial charge in [-0.3, -0.25) is 0 Å². The van der Waals surface area contributed by atoms with Crippen molar-refractivity contribution in [2.45, 2.75) is 53.6 Å². The molecule has 0 spiro atoms. The molecule has 1 aromatic heterocycles. The van der Waals surface area contributed by atoms with Crippen LogP contribution in [0.3, 0.4) is 0 Å². The summed E-state index contributed by atoms with van der Waals surface area (Å²) in [5.74, 6) is 3.09. The van der Waals surface area contributed by atoms with Gasteiger partial charge in [-0.25, -0.2) is 0 Å². The molecular weight excluding hydrogens is 200 g/mol. The number of aliphatic hydroxyl groups excluding tert-OH is 1. The molecule has 1 aromatic rings. The van der Waals surface area contributed by atoms with Gasteiger partial charge < -0.3 is 9.52 Å². The third-order valence-corrected chi connectivity index (χ3v) is 3.24. The normalized spacial score (nSPS) is 23.7. The fourth-order valence-corrected chi connectivity index (χ4v) is 2.27. The van der Waals surface area contributed by atoms with Crippen LogP contribution in [0.1, 0.15) is 57.3 Å². The molecule has 2 unspecified atom stereocenters. The summed E-state index contributed by atoms with van der Waals surface area (Å²) in [6.07, 6.45) is 1.55. The van der Waals surface area contributed by atoms with E-state index in [-0.39, 0.29) is 6.10 Å². The van der Waals surface area contributed by atoms with E-state index < -0.39 is 0 Å². The van der Waals surface area contributed by atoms with Gasteiger partial charge in [-0.05, 0) is 31.2 Å². The van der Waals surface area contributed by atoms with Crippen molar-refractivity contribution in [1.82, 2.24) is 0 Å². The number of hydrogen-bond acceptors (Lipinski definition) is 2.